The molecule has 3 N–H and O–H groups in total. The average molecular weight is 365 g/mol. The van der Waals surface area contributed by atoms with Crippen molar-refractivity contribution in [3.8, 4) is 0 Å². The Morgan fingerprint density at radius 1 is 1.30 bits per heavy atom. The van der Waals surface area contributed by atoms with Crippen molar-refractivity contribution < 1.29 is 14.7 Å². The van der Waals surface area contributed by atoms with E-state index in [1.807, 2.05) is 18.2 Å². The van der Waals surface area contributed by atoms with Crippen molar-refractivity contribution in [2.24, 2.45) is 0 Å². The Hall–Kier alpha value is -3.26. The molecule has 0 fully saturated rings. The van der Waals surface area contributed by atoms with Crippen LogP contribution in [0.2, 0.25) is 0 Å². The van der Waals surface area contributed by atoms with Gasteiger partial charge in [-0.3, -0.25) is 14.6 Å². The molecule has 3 aromatic rings. The number of fused-ring (bicyclic) bond motifs is 3. The quantitative estimate of drug-likeness (QED) is 0.628. The van der Waals surface area contributed by atoms with Crippen LogP contribution in [-0.4, -0.2) is 56.0 Å². The van der Waals surface area contributed by atoms with Crippen molar-refractivity contribution in [2.75, 3.05) is 13.2 Å². The maximum Gasteiger partial charge on any atom is 0.272 e. The van der Waals surface area contributed by atoms with Crippen LogP contribution in [0.3, 0.4) is 0 Å². The highest BCUT2D eigenvalue weighted by atomic mass is 16.3. The number of amides is 2. The summed E-state index contributed by atoms with van der Waals surface area (Å²) in [5, 5.41) is 13.3. The van der Waals surface area contributed by atoms with Crippen LogP contribution in [-0.2, 0) is 17.8 Å². The molecule has 2 aromatic heterocycles. The number of nitrogens with zero attached hydrogens (tertiary/aromatic N) is 3. The lowest BCUT2D eigenvalue weighted by atomic mass is 10.0. The zero-order valence-corrected chi connectivity index (χ0v) is 14.6. The molecule has 1 aliphatic heterocycles. The van der Waals surface area contributed by atoms with Crippen LogP contribution in [0.5, 0.6) is 0 Å². The number of aliphatic hydroxyl groups excluding tert-OH is 1. The van der Waals surface area contributed by atoms with E-state index in [1.165, 1.54) is 29.5 Å². The standard InChI is InChI=1S/C19H19N5O3/c25-11-17(23-18(26)15-9-20-6-7-21-15)19(27)24-8-5-13-12-3-1-2-4-14(12)22-16(13)10-24/h1-4,6-7,9,17,22,25H,5,8,10-11H2,(H,23,26). The molecule has 8 nitrogen and oxygen atoms in total. The zero-order chi connectivity index (χ0) is 18.8. The average Bonchev–Trinajstić information content (AvgIpc) is 3.09. The van der Waals surface area contributed by atoms with Gasteiger partial charge in [-0.25, -0.2) is 4.98 Å². The fraction of sp³-hybridized carbons (Fsp3) is 0.263. The predicted octanol–water partition coefficient (Wildman–Crippen LogP) is 0.633. The van der Waals surface area contributed by atoms with Gasteiger partial charge in [0.1, 0.15) is 11.7 Å². The molecular formula is C19H19N5O3. The lowest BCUT2D eigenvalue weighted by Crippen LogP contribution is -2.51. The molecule has 0 aliphatic carbocycles. The molecule has 0 spiro atoms. The topological polar surface area (TPSA) is 111 Å². The van der Waals surface area contributed by atoms with Crippen molar-refractivity contribution in [2.45, 2.75) is 19.0 Å². The number of rotatable bonds is 4. The van der Waals surface area contributed by atoms with E-state index >= 15 is 0 Å². The molecule has 1 atom stereocenters. The largest absolute Gasteiger partial charge is 0.394 e. The number of aliphatic hydroxyl groups is 1. The van der Waals surface area contributed by atoms with Gasteiger partial charge in [0, 0.05) is 35.5 Å². The van der Waals surface area contributed by atoms with E-state index in [0.717, 1.165) is 17.6 Å². The summed E-state index contributed by atoms with van der Waals surface area (Å²) in [6, 6.07) is 7.02. The van der Waals surface area contributed by atoms with Crippen molar-refractivity contribution >= 4 is 22.7 Å². The van der Waals surface area contributed by atoms with Crippen LogP contribution >= 0.6 is 0 Å². The number of carbonyl (C=O) groups excluding carboxylic acids is 2. The maximum atomic E-state index is 12.8. The van der Waals surface area contributed by atoms with Gasteiger partial charge in [-0.15, -0.1) is 0 Å². The maximum absolute atomic E-state index is 12.8. The van der Waals surface area contributed by atoms with Gasteiger partial charge in [-0.2, -0.15) is 0 Å². The SMILES string of the molecule is O=C(NC(CO)C(=O)N1CCc2c([nH]c3ccccc23)C1)c1cnccn1. The molecule has 0 bridgehead atoms. The zero-order valence-electron chi connectivity index (χ0n) is 14.6. The summed E-state index contributed by atoms with van der Waals surface area (Å²) in [4.78, 5) is 37.8. The third-order valence-corrected chi connectivity index (χ3v) is 4.78. The van der Waals surface area contributed by atoms with Gasteiger partial charge >= 0.3 is 0 Å². The van der Waals surface area contributed by atoms with Gasteiger partial charge < -0.3 is 20.3 Å². The number of H-pyrrole nitrogens is 1. The minimum atomic E-state index is -1.02. The molecule has 138 valence electrons. The Morgan fingerprint density at radius 3 is 2.93 bits per heavy atom. The van der Waals surface area contributed by atoms with Crippen LogP contribution in [0.4, 0.5) is 0 Å². The van der Waals surface area contributed by atoms with Gasteiger partial charge in [0.05, 0.1) is 19.3 Å². The number of nitrogens with one attached hydrogen (secondary N) is 2. The number of para-hydroxylation sites is 1. The van der Waals surface area contributed by atoms with E-state index in [-0.39, 0.29) is 11.6 Å². The second-order valence-electron chi connectivity index (χ2n) is 6.44. The summed E-state index contributed by atoms with van der Waals surface area (Å²) in [5.74, 6) is -0.863. The summed E-state index contributed by atoms with van der Waals surface area (Å²) >= 11 is 0. The fourth-order valence-corrected chi connectivity index (χ4v) is 3.44. The molecular weight excluding hydrogens is 346 g/mol. The Bertz CT molecular complexity index is 985. The fourth-order valence-electron chi connectivity index (χ4n) is 3.44. The summed E-state index contributed by atoms with van der Waals surface area (Å²) in [6.07, 6.45) is 4.89. The molecule has 1 aliphatic rings. The summed E-state index contributed by atoms with van der Waals surface area (Å²) in [7, 11) is 0. The van der Waals surface area contributed by atoms with Crippen LogP contribution in [0.25, 0.3) is 10.9 Å². The van der Waals surface area contributed by atoms with Gasteiger partial charge in [0.2, 0.25) is 5.91 Å². The Morgan fingerprint density at radius 2 is 2.15 bits per heavy atom. The third-order valence-electron chi connectivity index (χ3n) is 4.78. The number of aromatic nitrogens is 3. The number of aromatic amines is 1. The number of carbonyl (C=O) groups is 2. The predicted molar refractivity (Wildman–Crippen MR) is 97.8 cm³/mol. The van der Waals surface area contributed by atoms with Crippen LogP contribution < -0.4 is 5.32 Å². The summed E-state index contributed by atoms with van der Waals surface area (Å²) < 4.78 is 0. The molecule has 0 saturated heterocycles. The van der Waals surface area contributed by atoms with Gasteiger partial charge in [0.15, 0.2) is 0 Å². The summed E-state index contributed by atoms with van der Waals surface area (Å²) in [5.41, 5.74) is 3.36. The highest BCUT2D eigenvalue weighted by molar-refractivity contribution is 5.96. The highest BCUT2D eigenvalue weighted by Crippen LogP contribution is 2.27. The minimum absolute atomic E-state index is 0.0975. The normalized spacial score (nSPS) is 14.6. The van der Waals surface area contributed by atoms with E-state index in [4.69, 9.17) is 0 Å². The first kappa shape index (κ1) is 17.2. The summed E-state index contributed by atoms with van der Waals surface area (Å²) in [6.45, 7) is 0.465. The first-order valence-corrected chi connectivity index (χ1v) is 8.72. The first-order chi connectivity index (χ1) is 13.2. The van der Waals surface area contributed by atoms with Crippen molar-refractivity contribution in [3.63, 3.8) is 0 Å². The van der Waals surface area contributed by atoms with E-state index in [0.29, 0.717) is 13.1 Å². The number of hydrogen-bond donors (Lipinski definition) is 3. The van der Waals surface area contributed by atoms with E-state index in [2.05, 4.69) is 26.3 Å². The van der Waals surface area contributed by atoms with E-state index < -0.39 is 18.6 Å². The molecule has 2 amide bonds. The molecule has 1 aromatic carbocycles. The van der Waals surface area contributed by atoms with Crippen molar-refractivity contribution in [3.05, 3.63) is 59.8 Å². The third kappa shape index (κ3) is 3.26. The Balaban J connectivity index is 1.49. The minimum Gasteiger partial charge on any atom is -0.394 e. The molecule has 27 heavy (non-hydrogen) atoms. The molecule has 8 heteroatoms. The Labute approximate surface area is 155 Å². The monoisotopic (exact) mass is 365 g/mol. The Kier molecular flexibility index (Phi) is 4.55. The first-order valence-electron chi connectivity index (χ1n) is 8.72. The second kappa shape index (κ2) is 7.16. The molecule has 0 radical (unpaired) electrons. The molecule has 3 heterocycles. The molecule has 0 saturated carbocycles. The van der Waals surface area contributed by atoms with Crippen LogP contribution in [0.1, 0.15) is 21.7 Å². The highest BCUT2D eigenvalue weighted by Gasteiger charge is 2.30. The smallest absolute Gasteiger partial charge is 0.272 e. The van der Waals surface area contributed by atoms with Crippen LogP contribution in [0, 0.1) is 0 Å². The van der Waals surface area contributed by atoms with Gasteiger partial charge in [-0.05, 0) is 18.1 Å². The van der Waals surface area contributed by atoms with Gasteiger partial charge in [0.25, 0.3) is 5.91 Å². The lowest BCUT2D eigenvalue weighted by Gasteiger charge is -2.30. The van der Waals surface area contributed by atoms with E-state index in [9.17, 15) is 14.7 Å². The van der Waals surface area contributed by atoms with Crippen molar-refractivity contribution in [1.82, 2.24) is 25.2 Å². The molecule has 1 unspecified atom stereocenters. The number of benzene rings is 1. The van der Waals surface area contributed by atoms with Gasteiger partial charge in [-0.1, -0.05) is 18.2 Å². The second-order valence-corrected chi connectivity index (χ2v) is 6.44. The number of hydrogen-bond acceptors (Lipinski definition) is 5. The molecule has 4 rings (SSSR count). The lowest BCUT2D eigenvalue weighted by molar-refractivity contribution is -0.135. The van der Waals surface area contributed by atoms with E-state index in [1.54, 1.807) is 4.90 Å². The van der Waals surface area contributed by atoms with Crippen LogP contribution in [0.15, 0.2) is 42.9 Å². The van der Waals surface area contributed by atoms with Crippen molar-refractivity contribution in [1.29, 1.82) is 0 Å².